The van der Waals surface area contributed by atoms with Gasteiger partial charge in [0.25, 0.3) is 0 Å². The van der Waals surface area contributed by atoms with Crippen LogP contribution in [0.5, 0.6) is 0 Å². The van der Waals surface area contributed by atoms with E-state index >= 15 is 0 Å². The Bertz CT molecular complexity index is 298. The monoisotopic (exact) mass is 254 g/mol. The van der Waals surface area contributed by atoms with Crippen LogP contribution in [0, 0.1) is 0 Å². The van der Waals surface area contributed by atoms with Crippen LogP contribution < -0.4 is 5.32 Å². The van der Waals surface area contributed by atoms with E-state index in [1.165, 1.54) is 0 Å². The number of likely N-dealkylation sites (tertiary alicyclic amines) is 1. The molecule has 2 aliphatic heterocycles. The quantitative estimate of drug-likeness (QED) is 0.831. The third-order valence-corrected chi connectivity index (χ3v) is 4.33. The first kappa shape index (κ1) is 13.8. The molecule has 0 spiro atoms. The van der Waals surface area contributed by atoms with Gasteiger partial charge in [-0.1, -0.05) is 0 Å². The van der Waals surface area contributed by atoms with Crippen LogP contribution in [-0.2, 0) is 9.53 Å². The summed E-state index contributed by atoms with van der Waals surface area (Å²) in [7, 11) is 1.88. The summed E-state index contributed by atoms with van der Waals surface area (Å²) in [6.07, 6.45) is 5.58. The predicted octanol–water partition coefficient (Wildman–Crippen LogP) is 1.54. The Morgan fingerprint density at radius 3 is 2.78 bits per heavy atom. The second-order valence-corrected chi connectivity index (χ2v) is 6.13. The lowest BCUT2D eigenvalue weighted by atomic mass is 9.96. The molecule has 2 aliphatic rings. The van der Waals surface area contributed by atoms with Crippen LogP contribution in [0.15, 0.2) is 0 Å². The van der Waals surface area contributed by atoms with E-state index in [0.717, 1.165) is 45.3 Å². The van der Waals surface area contributed by atoms with Crippen molar-refractivity contribution < 1.29 is 9.53 Å². The number of carbonyl (C=O) groups excluding carboxylic acids is 1. The Labute approximate surface area is 110 Å². The van der Waals surface area contributed by atoms with Gasteiger partial charge < -0.3 is 15.0 Å². The van der Waals surface area contributed by atoms with Crippen LogP contribution in [0.1, 0.15) is 46.0 Å². The Morgan fingerprint density at radius 1 is 1.39 bits per heavy atom. The van der Waals surface area contributed by atoms with Gasteiger partial charge in [0.2, 0.25) is 5.91 Å². The highest BCUT2D eigenvalue weighted by molar-refractivity contribution is 5.83. The number of nitrogens with zero attached hydrogens (tertiary/aromatic N) is 1. The minimum atomic E-state index is -0.0470. The van der Waals surface area contributed by atoms with Gasteiger partial charge in [0, 0.05) is 18.7 Å². The van der Waals surface area contributed by atoms with Crippen LogP contribution in [0.3, 0.4) is 0 Å². The van der Waals surface area contributed by atoms with E-state index < -0.39 is 0 Å². The summed E-state index contributed by atoms with van der Waals surface area (Å²) in [5.74, 6) is 0.246. The molecule has 0 aromatic heterocycles. The standard InChI is InChI=1S/C14H26N2O2/c1-14(2)8-4-7-12(15-3)13(17)16(14)10-11-6-5-9-18-11/h11-12,15H,4-10H2,1-3H3. The van der Waals surface area contributed by atoms with E-state index in [2.05, 4.69) is 24.1 Å². The average molecular weight is 254 g/mol. The fourth-order valence-corrected chi connectivity index (χ4v) is 3.08. The third kappa shape index (κ3) is 2.86. The summed E-state index contributed by atoms with van der Waals surface area (Å²) in [5, 5.41) is 3.15. The van der Waals surface area contributed by atoms with Crippen LogP contribution in [0.2, 0.25) is 0 Å². The summed E-state index contributed by atoms with van der Waals surface area (Å²) in [6.45, 7) is 5.96. The van der Waals surface area contributed by atoms with Crippen molar-refractivity contribution in [3.8, 4) is 0 Å². The Kier molecular flexibility index (Phi) is 4.28. The van der Waals surface area contributed by atoms with Crippen LogP contribution in [0.25, 0.3) is 0 Å². The molecule has 0 aromatic rings. The highest BCUT2D eigenvalue weighted by atomic mass is 16.5. The smallest absolute Gasteiger partial charge is 0.240 e. The van der Waals surface area contributed by atoms with Gasteiger partial charge in [0.15, 0.2) is 0 Å². The molecule has 18 heavy (non-hydrogen) atoms. The maximum Gasteiger partial charge on any atom is 0.240 e. The zero-order valence-electron chi connectivity index (χ0n) is 11.9. The molecule has 2 unspecified atom stereocenters. The third-order valence-electron chi connectivity index (χ3n) is 4.33. The number of likely N-dealkylation sites (N-methyl/N-ethyl adjacent to an activating group) is 1. The molecule has 2 heterocycles. The SMILES string of the molecule is CNC1CCCC(C)(C)N(CC2CCCO2)C1=O. The van der Waals surface area contributed by atoms with E-state index in [-0.39, 0.29) is 23.6 Å². The number of nitrogens with one attached hydrogen (secondary N) is 1. The molecule has 0 bridgehead atoms. The summed E-state index contributed by atoms with van der Waals surface area (Å²) >= 11 is 0. The van der Waals surface area contributed by atoms with Crippen LogP contribution in [-0.4, -0.2) is 48.7 Å². The van der Waals surface area contributed by atoms with Crippen molar-refractivity contribution in [2.75, 3.05) is 20.2 Å². The first-order valence-corrected chi connectivity index (χ1v) is 7.15. The van der Waals surface area contributed by atoms with Gasteiger partial charge in [-0.25, -0.2) is 0 Å². The molecular formula is C14H26N2O2. The van der Waals surface area contributed by atoms with Crippen LogP contribution in [0.4, 0.5) is 0 Å². The van der Waals surface area contributed by atoms with Gasteiger partial charge in [0.1, 0.15) is 0 Å². The largest absolute Gasteiger partial charge is 0.376 e. The molecule has 2 fully saturated rings. The molecule has 0 aliphatic carbocycles. The predicted molar refractivity (Wildman–Crippen MR) is 71.5 cm³/mol. The van der Waals surface area contributed by atoms with Crippen molar-refractivity contribution in [2.24, 2.45) is 0 Å². The number of rotatable bonds is 3. The topological polar surface area (TPSA) is 41.6 Å². The molecule has 1 amide bonds. The van der Waals surface area contributed by atoms with E-state index in [9.17, 15) is 4.79 Å². The summed E-state index contributed by atoms with van der Waals surface area (Å²) in [5.41, 5.74) is -0.0470. The Balaban J connectivity index is 2.11. The van der Waals surface area contributed by atoms with Crippen molar-refractivity contribution in [3.05, 3.63) is 0 Å². The van der Waals surface area contributed by atoms with Gasteiger partial charge in [-0.15, -0.1) is 0 Å². The second kappa shape index (κ2) is 5.57. The molecule has 0 aromatic carbocycles. The molecule has 104 valence electrons. The van der Waals surface area contributed by atoms with Gasteiger partial charge in [-0.3, -0.25) is 4.79 Å². The highest BCUT2D eigenvalue weighted by Gasteiger charge is 2.38. The van der Waals surface area contributed by atoms with Gasteiger partial charge in [0.05, 0.1) is 12.1 Å². The summed E-state index contributed by atoms with van der Waals surface area (Å²) in [4.78, 5) is 14.6. The number of amides is 1. The second-order valence-electron chi connectivity index (χ2n) is 6.13. The van der Waals surface area contributed by atoms with Crippen molar-refractivity contribution in [3.63, 3.8) is 0 Å². The molecule has 1 N–H and O–H groups in total. The van der Waals surface area contributed by atoms with E-state index in [1.807, 2.05) is 7.05 Å². The molecule has 0 saturated carbocycles. The summed E-state index contributed by atoms with van der Waals surface area (Å²) in [6, 6.07) is -0.0202. The average Bonchev–Trinajstić information content (AvgIpc) is 2.80. The van der Waals surface area contributed by atoms with Gasteiger partial charge >= 0.3 is 0 Å². The van der Waals surface area contributed by atoms with Crippen molar-refractivity contribution in [2.45, 2.75) is 63.6 Å². The van der Waals surface area contributed by atoms with Crippen LogP contribution >= 0.6 is 0 Å². The Morgan fingerprint density at radius 2 is 2.17 bits per heavy atom. The molecule has 4 nitrogen and oxygen atoms in total. The molecule has 2 rings (SSSR count). The van der Waals surface area contributed by atoms with Crippen molar-refractivity contribution >= 4 is 5.91 Å². The lowest BCUT2D eigenvalue weighted by Crippen LogP contribution is -2.54. The number of carbonyl (C=O) groups is 1. The maximum absolute atomic E-state index is 12.6. The first-order chi connectivity index (χ1) is 8.54. The number of ether oxygens (including phenoxy) is 1. The maximum atomic E-state index is 12.6. The Hall–Kier alpha value is -0.610. The van der Waals surface area contributed by atoms with Gasteiger partial charge in [-0.05, 0) is 53.0 Å². The first-order valence-electron chi connectivity index (χ1n) is 7.15. The lowest BCUT2D eigenvalue weighted by molar-refractivity contribution is -0.139. The molecular weight excluding hydrogens is 228 g/mol. The molecule has 0 radical (unpaired) electrons. The van der Waals surface area contributed by atoms with E-state index in [1.54, 1.807) is 0 Å². The molecule has 4 heteroatoms. The summed E-state index contributed by atoms with van der Waals surface area (Å²) < 4.78 is 5.69. The fourth-order valence-electron chi connectivity index (χ4n) is 3.08. The number of hydrogen-bond donors (Lipinski definition) is 1. The minimum absolute atomic E-state index is 0.0202. The molecule has 2 saturated heterocycles. The van der Waals surface area contributed by atoms with Gasteiger partial charge in [-0.2, -0.15) is 0 Å². The zero-order valence-corrected chi connectivity index (χ0v) is 11.9. The van der Waals surface area contributed by atoms with Crippen molar-refractivity contribution in [1.82, 2.24) is 10.2 Å². The van der Waals surface area contributed by atoms with E-state index in [4.69, 9.17) is 4.74 Å². The van der Waals surface area contributed by atoms with Crippen molar-refractivity contribution in [1.29, 1.82) is 0 Å². The fraction of sp³-hybridized carbons (Fsp3) is 0.929. The number of hydrogen-bond acceptors (Lipinski definition) is 3. The minimum Gasteiger partial charge on any atom is -0.376 e. The highest BCUT2D eigenvalue weighted by Crippen LogP contribution is 2.29. The zero-order chi connectivity index (χ0) is 13.2. The lowest BCUT2D eigenvalue weighted by Gasteiger charge is -2.39. The normalized spacial score (nSPS) is 32.6. The van der Waals surface area contributed by atoms with E-state index in [0.29, 0.717) is 0 Å². The molecule has 2 atom stereocenters.